The van der Waals surface area contributed by atoms with Crippen LogP contribution in [0.4, 0.5) is 0 Å². The van der Waals surface area contributed by atoms with E-state index in [1.807, 2.05) is 30.3 Å². The molecule has 1 aliphatic heterocycles. The average molecular weight is 272 g/mol. The lowest BCUT2D eigenvalue weighted by atomic mass is 10.1. The number of nitrogens with one attached hydrogen (secondary N) is 1. The Morgan fingerprint density at radius 3 is 3.00 bits per heavy atom. The molecule has 5 nitrogen and oxygen atoms in total. The van der Waals surface area contributed by atoms with Crippen molar-refractivity contribution in [2.24, 2.45) is 5.92 Å². The van der Waals surface area contributed by atoms with Gasteiger partial charge in [-0.25, -0.2) is 0 Å². The van der Waals surface area contributed by atoms with Gasteiger partial charge in [0.1, 0.15) is 0 Å². The number of fused-ring (bicyclic) bond motifs is 1. The first-order valence-corrected chi connectivity index (χ1v) is 6.59. The molecule has 0 aliphatic carbocycles. The van der Waals surface area contributed by atoms with E-state index in [2.05, 4.69) is 4.98 Å². The van der Waals surface area contributed by atoms with Gasteiger partial charge >= 0.3 is 5.97 Å². The minimum absolute atomic E-state index is 0.000874. The molecule has 1 N–H and O–H groups in total. The Morgan fingerprint density at radius 2 is 2.25 bits per heavy atom. The van der Waals surface area contributed by atoms with Crippen molar-refractivity contribution in [2.45, 2.75) is 13.0 Å². The monoisotopic (exact) mass is 272 g/mol. The minimum Gasteiger partial charge on any atom is -0.469 e. The molecule has 1 aliphatic rings. The van der Waals surface area contributed by atoms with E-state index in [4.69, 9.17) is 4.74 Å². The van der Waals surface area contributed by atoms with E-state index >= 15 is 0 Å². The summed E-state index contributed by atoms with van der Waals surface area (Å²) in [7, 11) is 1.35. The third kappa shape index (κ3) is 2.27. The summed E-state index contributed by atoms with van der Waals surface area (Å²) in [6.45, 7) is 0.932. The highest BCUT2D eigenvalue weighted by atomic mass is 16.5. The number of nitrogens with zero attached hydrogens (tertiary/aromatic N) is 1. The van der Waals surface area contributed by atoms with E-state index in [-0.39, 0.29) is 24.2 Å². The molecule has 3 rings (SSSR count). The number of carbonyl (C=O) groups is 2. The van der Waals surface area contributed by atoms with Crippen LogP contribution in [0.25, 0.3) is 10.9 Å². The van der Waals surface area contributed by atoms with Crippen molar-refractivity contribution in [2.75, 3.05) is 13.7 Å². The van der Waals surface area contributed by atoms with Crippen molar-refractivity contribution < 1.29 is 14.3 Å². The number of ether oxygens (including phenoxy) is 1. The molecule has 1 aromatic carbocycles. The second kappa shape index (κ2) is 5.00. The summed E-state index contributed by atoms with van der Waals surface area (Å²) in [5, 5.41) is 1.12. The number of hydrogen-bond acceptors (Lipinski definition) is 3. The highest BCUT2D eigenvalue weighted by Crippen LogP contribution is 2.22. The Labute approximate surface area is 116 Å². The van der Waals surface area contributed by atoms with Crippen molar-refractivity contribution in [3.05, 3.63) is 36.0 Å². The fourth-order valence-electron chi connectivity index (χ4n) is 2.67. The second-order valence-electron chi connectivity index (χ2n) is 5.08. The van der Waals surface area contributed by atoms with E-state index < -0.39 is 0 Å². The molecule has 1 unspecified atom stereocenters. The molecule has 1 aromatic heterocycles. The zero-order chi connectivity index (χ0) is 14.1. The molecule has 2 heterocycles. The molecule has 0 spiro atoms. The summed E-state index contributed by atoms with van der Waals surface area (Å²) in [6, 6.07) is 10.0. The van der Waals surface area contributed by atoms with E-state index in [0.717, 1.165) is 16.6 Å². The maximum Gasteiger partial charge on any atom is 0.310 e. The summed E-state index contributed by atoms with van der Waals surface area (Å²) in [4.78, 5) is 28.4. The van der Waals surface area contributed by atoms with Gasteiger partial charge in [0.05, 0.1) is 19.6 Å². The predicted molar refractivity (Wildman–Crippen MR) is 73.8 cm³/mol. The molecular weight excluding hydrogens is 256 g/mol. The van der Waals surface area contributed by atoms with Crippen molar-refractivity contribution >= 4 is 22.8 Å². The summed E-state index contributed by atoms with van der Waals surface area (Å²) in [5.74, 6) is -0.645. The SMILES string of the molecule is COC(=O)C1CC(=O)N(Cc2cc3ccccc3[nH]2)C1. The third-order valence-electron chi connectivity index (χ3n) is 3.70. The highest BCUT2D eigenvalue weighted by Gasteiger charge is 2.35. The number of likely N-dealkylation sites (tertiary alicyclic amines) is 1. The molecule has 1 fully saturated rings. The minimum atomic E-state index is -0.336. The number of aromatic amines is 1. The van der Waals surface area contributed by atoms with E-state index in [0.29, 0.717) is 13.1 Å². The van der Waals surface area contributed by atoms with Gasteiger partial charge in [0.2, 0.25) is 5.91 Å². The fraction of sp³-hybridized carbons (Fsp3) is 0.333. The molecule has 2 aromatic rings. The van der Waals surface area contributed by atoms with Crippen LogP contribution in [-0.2, 0) is 20.9 Å². The Morgan fingerprint density at radius 1 is 1.45 bits per heavy atom. The Hall–Kier alpha value is -2.30. The maximum atomic E-state index is 11.9. The van der Waals surface area contributed by atoms with Gasteiger partial charge in [-0.15, -0.1) is 0 Å². The van der Waals surface area contributed by atoms with Crippen LogP contribution in [0.5, 0.6) is 0 Å². The zero-order valence-electron chi connectivity index (χ0n) is 11.3. The molecule has 1 saturated heterocycles. The van der Waals surface area contributed by atoms with Crippen LogP contribution < -0.4 is 0 Å². The quantitative estimate of drug-likeness (QED) is 0.865. The third-order valence-corrected chi connectivity index (χ3v) is 3.70. The lowest BCUT2D eigenvalue weighted by Crippen LogP contribution is -2.26. The number of esters is 1. The highest BCUT2D eigenvalue weighted by molar-refractivity contribution is 5.87. The predicted octanol–water partition coefficient (Wildman–Crippen LogP) is 1.69. The number of rotatable bonds is 3. The molecule has 1 amide bonds. The van der Waals surface area contributed by atoms with Crippen LogP contribution in [-0.4, -0.2) is 35.4 Å². The number of H-pyrrole nitrogens is 1. The van der Waals surface area contributed by atoms with Crippen LogP contribution in [0.1, 0.15) is 12.1 Å². The lowest BCUT2D eigenvalue weighted by molar-refractivity contribution is -0.145. The Kier molecular flexibility index (Phi) is 3.18. The Bertz CT molecular complexity index is 629. The van der Waals surface area contributed by atoms with E-state index in [1.165, 1.54) is 7.11 Å². The van der Waals surface area contributed by atoms with Crippen LogP contribution in [0.3, 0.4) is 0 Å². The molecule has 5 heteroatoms. The molecule has 0 saturated carbocycles. The van der Waals surface area contributed by atoms with Gasteiger partial charge < -0.3 is 14.6 Å². The van der Waals surface area contributed by atoms with Gasteiger partial charge in [-0.1, -0.05) is 18.2 Å². The van der Waals surface area contributed by atoms with Crippen LogP contribution >= 0.6 is 0 Å². The molecular formula is C15H16N2O3. The summed E-state index contributed by atoms with van der Waals surface area (Å²) in [5.41, 5.74) is 2.03. The smallest absolute Gasteiger partial charge is 0.310 e. The largest absolute Gasteiger partial charge is 0.469 e. The van der Waals surface area contributed by atoms with Crippen LogP contribution in [0.15, 0.2) is 30.3 Å². The van der Waals surface area contributed by atoms with E-state index in [9.17, 15) is 9.59 Å². The van der Waals surface area contributed by atoms with Gasteiger partial charge in [0.15, 0.2) is 0 Å². The van der Waals surface area contributed by atoms with Crippen molar-refractivity contribution in [1.82, 2.24) is 9.88 Å². The van der Waals surface area contributed by atoms with Crippen molar-refractivity contribution in [1.29, 1.82) is 0 Å². The first kappa shape index (κ1) is 12.7. The van der Waals surface area contributed by atoms with Gasteiger partial charge in [0.25, 0.3) is 0 Å². The number of carbonyl (C=O) groups excluding carboxylic acids is 2. The first-order chi connectivity index (χ1) is 9.67. The summed E-state index contributed by atoms with van der Waals surface area (Å²) < 4.78 is 4.70. The van der Waals surface area contributed by atoms with Gasteiger partial charge in [-0.05, 0) is 17.5 Å². The molecule has 0 bridgehead atoms. The fourth-order valence-corrected chi connectivity index (χ4v) is 2.67. The standard InChI is InChI=1S/C15H16N2O3/c1-20-15(19)11-7-14(18)17(8-11)9-12-6-10-4-2-3-5-13(10)16-12/h2-6,11,16H,7-9H2,1H3. The van der Waals surface area contributed by atoms with Crippen LogP contribution in [0, 0.1) is 5.92 Å². The Balaban J connectivity index is 1.74. The van der Waals surface area contributed by atoms with Gasteiger partial charge in [-0.2, -0.15) is 0 Å². The summed E-state index contributed by atoms with van der Waals surface area (Å²) in [6.07, 6.45) is 0.243. The summed E-state index contributed by atoms with van der Waals surface area (Å²) >= 11 is 0. The number of hydrogen-bond donors (Lipinski definition) is 1. The number of amides is 1. The number of methoxy groups -OCH3 is 1. The molecule has 1 atom stereocenters. The molecule has 104 valence electrons. The number of benzene rings is 1. The van der Waals surface area contributed by atoms with E-state index in [1.54, 1.807) is 4.90 Å². The van der Waals surface area contributed by atoms with Gasteiger partial charge in [0, 0.05) is 24.2 Å². The normalized spacial score (nSPS) is 18.8. The lowest BCUT2D eigenvalue weighted by Gasteiger charge is -2.14. The van der Waals surface area contributed by atoms with Crippen LogP contribution in [0.2, 0.25) is 0 Å². The molecule has 0 radical (unpaired) electrons. The zero-order valence-corrected chi connectivity index (χ0v) is 11.3. The van der Waals surface area contributed by atoms with Gasteiger partial charge in [-0.3, -0.25) is 9.59 Å². The molecule has 20 heavy (non-hydrogen) atoms. The first-order valence-electron chi connectivity index (χ1n) is 6.59. The average Bonchev–Trinajstić information content (AvgIpc) is 3.02. The maximum absolute atomic E-state index is 11.9. The van der Waals surface area contributed by atoms with Crippen molar-refractivity contribution in [3.63, 3.8) is 0 Å². The topological polar surface area (TPSA) is 62.4 Å². The van der Waals surface area contributed by atoms with Crippen molar-refractivity contribution in [3.8, 4) is 0 Å². The number of aromatic nitrogens is 1. The second-order valence-corrected chi connectivity index (χ2v) is 5.08. The number of para-hydroxylation sites is 1.